The molecule has 1 aliphatic carbocycles. The number of hydrogen-bond acceptors (Lipinski definition) is 4. The first-order valence-corrected chi connectivity index (χ1v) is 12.3. The van der Waals surface area contributed by atoms with Crippen LogP contribution in [0.5, 0.6) is 0 Å². The maximum Gasteiger partial charge on any atom is 0.416 e. The molecule has 0 saturated heterocycles. The lowest BCUT2D eigenvalue weighted by Gasteiger charge is -2.34. The third kappa shape index (κ3) is 6.54. The van der Waals surface area contributed by atoms with Crippen molar-refractivity contribution >= 4 is 10.0 Å². The summed E-state index contributed by atoms with van der Waals surface area (Å²) >= 11 is 0. The molecular weight excluding hydrogens is 429 g/mol. The lowest BCUT2D eigenvalue weighted by Crippen LogP contribution is -2.40. The minimum atomic E-state index is -4.49. The van der Waals surface area contributed by atoms with E-state index >= 15 is 0 Å². The summed E-state index contributed by atoms with van der Waals surface area (Å²) in [5.74, 6) is 0. The summed E-state index contributed by atoms with van der Waals surface area (Å²) in [4.78, 5) is 2.29. The molecule has 5 nitrogen and oxygen atoms in total. The van der Waals surface area contributed by atoms with Crippen molar-refractivity contribution in [3.05, 3.63) is 42.0 Å². The van der Waals surface area contributed by atoms with Gasteiger partial charge < -0.3 is 4.74 Å². The van der Waals surface area contributed by atoms with Gasteiger partial charge in [0.05, 0.1) is 16.6 Å². The maximum absolute atomic E-state index is 12.8. The van der Waals surface area contributed by atoms with Gasteiger partial charge in [0.15, 0.2) is 0 Å². The first-order valence-electron chi connectivity index (χ1n) is 10.8. The van der Waals surface area contributed by atoms with E-state index in [0.29, 0.717) is 19.4 Å². The van der Waals surface area contributed by atoms with Gasteiger partial charge in [0.25, 0.3) is 0 Å². The summed E-state index contributed by atoms with van der Waals surface area (Å²) in [5, 5.41) is 0. The Balaban J connectivity index is 1.44. The van der Waals surface area contributed by atoms with Crippen LogP contribution in [0.15, 0.2) is 41.3 Å². The summed E-state index contributed by atoms with van der Waals surface area (Å²) in [6.45, 7) is 3.83. The van der Waals surface area contributed by atoms with Gasteiger partial charge in [-0.05, 0) is 62.8 Å². The highest BCUT2D eigenvalue weighted by molar-refractivity contribution is 7.89. The summed E-state index contributed by atoms with van der Waals surface area (Å²) in [5.41, 5.74) is -0.858. The lowest BCUT2D eigenvalue weighted by atomic mass is 9.93. The van der Waals surface area contributed by atoms with E-state index in [0.717, 1.165) is 69.6 Å². The molecule has 0 N–H and O–H groups in total. The number of ether oxygens (including phenoxy) is 1. The number of rotatable bonds is 8. The van der Waals surface area contributed by atoms with E-state index in [2.05, 4.69) is 17.1 Å². The molecule has 9 heteroatoms. The largest absolute Gasteiger partial charge is 0.416 e. The second-order valence-electron chi connectivity index (χ2n) is 8.26. The number of alkyl halides is 3. The van der Waals surface area contributed by atoms with Crippen molar-refractivity contribution in [2.75, 3.05) is 33.3 Å². The zero-order chi connectivity index (χ0) is 22.5. The highest BCUT2D eigenvalue weighted by Crippen LogP contribution is 2.32. The minimum Gasteiger partial charge on any atom is -0.378 e. The molecular formula is C22H31F3N2O3S. The van der Waals surface area contributed by atoms with Gasteiger partial charge in [-0.25, -0.2) is 8.42 Å². The van der Waals surface area contributed by atoms with Crippen LogP contribution < -0.4 is 0 Å². The fourth-order valence-electron chi connectivity index (χ4n) is 4.19. The number of halogens is 3. The van der Waals surface area contributed by atoms with Gasteiger partial charge in [0, 0.05) is 39.3 Å². The Hall–Kier alpha value is -1.42. The number of sulfonamides is 1. The van der Waals surface area contributed by atoms with Crippen molar-refractivity contribution in [2.45, 2.75) is 61.7 Å². The van der Waals surface area contributed by atoms with Crippen molar-refractivity contribution in [1.29, 1.82) is 0 Å². The van der Waals surface area contributed by atoms with E-state index in [1.54, 1.807) is 0 Å². The monoisotopic (exact) mass is 460 g/mol. The SMILES string of the molecule is CN([C@H]1CC[C@H](OCCCN2CC=CCC2)CC1)S(=O)(=O)c1ccc(C(F)(F)F)cc1. The zero-order valence-electron chi connectivity index (χ0n) is 17.9. The van der Waals surface area contributed by atoms with Crippen LogP contribution in [0, 0.1) is 0 Å². The summed E-state index contributed by atoms with van der Waals surface area (Å²) in [7, 11) is -2.33. The van der Waals surface area contributed by atoms with E-state index in [-0.39, 0.29) is 17.0 Å². The third-order valence-electron chi connectivity index (χ3n) is 6.13. The molecule has 1 aliphatic heterocycles. The summed E-state index contributed by atoms with van der Waals surface area (Å²) in [6, 6.07) is 3.51. The van der Waals surface area contributed by atoms with Crippen LogP contribution in [0.25, 0.3) is 0 Å². The fraction of sp³-hybridized carbons (Fsp3) is 0.636. The molecule has 1 aromatic carbocycles. The standard InChI is InChI=1S/C22H31F3N2O3S/c1-26(31(28,29)21-12-6-18(7-13-21)22(23,24)25)19-8-10-20(11-9-19)30-17-5-16-27-14-3-2-4-15-27/h2-3,6-7,12-13,19-20H,4-5,8-11,14-17H2,1H3/t19-,20-. The van der Waals surface area contributed by atoms with Crippen molar-refractivity contribution in [3.8, 4) is 0 Å². The molecule has 1 aromatic rings. The Kier molecular flexibility index (Phi) is 8.18. The van der Waals surface area contributed by atoms with Gasteiger partial charge >= 0.3 is 6.18 Å². The molecule has 0 bridgehead atoms. The van der Waals surface area contributed by atoms with Gasteiger partial charge in [-0.2, -0.15) is 17.5 Å². The maximum atomic E-state index is 12.8. The zero-order valence-corrected chi connectivity index (χ0v) is 18.7. The molecule has 0 unspecified atom stereocenters. The predicted octanol–water partition coefficient (Wildman–Crippen LogP) is 4.31. The number of hydrogen-bond donors (Lipinski definition) is 0. The molecule has 0 spiro atoms. The van der Waals surface area contributed by atoms with Gasteiger partial charge in [0.2, 0.25) is 10.0 Å². The van der Waals surface area contributed by atoms with Gasteiger partial charge in [-0.15, -0.1) is 0 Å². The van der Waals surface area contributed by atoms with Crippen LogP contribution in [0.1, 0.15) is 44.1 Å². The smallest absolute Gasteiger partial charge is 0.378 e. The van der Waals surface area contributed by atoms with Crippen LogP contribution in [-0.2, 0) is 20.9 Å². The van der Waals surface area contributed by atoms with E-state index < -0.39 is 21.8 Å². The highest BCUT2D eigenvalue weighted by atomic mass is 32.2. The normalized spacial score (nSPS) is 23.4. The second-order valence-corrected chi connectivity index (χ2v) is 10.3. The van der Waals surface area contributed by atoms with Crippen LogP contribution in [0.2, 0.25) is 0 Å². The molecule has 1 fully saturated rings. The molecule has 1 heterocycles. The fourth-order valence-corrected chi connectivity index (χ4v) is 5.60. The highest BCUT2D eigenvalue weighted by Gasteiger charge is 2.34. The molecule has 0 amide bonds. The van der Waals surface area contributed by atoms with Gasteiger partial charge in [0.1, 0.15) is 0 Å². The van der Waals surface area contributed by atoms with Crippen LogP contribution in [0.3, 0.4) is 0 Å². The van der Waals surface area contributed by atoms with Gasteiger partial charge in [-0.3, -0.25) is 4.90 Å². The molecule has 0 atom stereocenters. The van der Waals surface area contributed by atoms with E-state index in [4.69, 9.17) is 4.74 Å². The van der Waals surface area contributed by atoms with Crippen molar-refractivity contribution in [2.24, 2.45) is 0 Å². The second kappa shape index (κ2) is 10.5. The lowest BCUT2D eigenvalue weighted by molar-refractivity contribution is -0.137. The Morgan fingerprint density at radius 3 is 2.35 bits per heavy atom. The van der Waals surface area contributed by atoms with E-state index in [1.165, 1.54) is 11.4 Å². The molecule has 31 heavy (non-hydrogen) atoms. The first kappa shape index (κ1) is 24.2. The van der Waals surface area contributed by atoms with Crippen molar-refractivity contribution < 1.29 is 26.3 Å². The van der Waals surface area contributed by atoms with E-state index in [9.17, 15) is 21.6 Å². The molecule has 3 rings (SSSR count). The predicted molar refractivity (Wildman–Crippen MR) is 113 cm³/mol. The Morgan fingerprint density at radius 2 is 1.77 bits per heavy atom. The minimum absolute atomic E-state index is 0.117. The number of nitrogens with zero attached hydrogens (tertiary/aromatic N) is 2. The summed E-state index contributed by atoms with van der Waals surface area (Å²) in [6.07, 6.45) is 5.06. The molecule has 1 saturated carbocycles. The quantitative estimate of drug-likeness (QED) is 0.429. The average Bonchev–Trinajstić information content (AvgIpc) is 2.77. The Labute approximate surface area is 182 Å². The van der Waals surface area contributed by atoms with Crippen LogP contribution in [0.4, 0.5) is 13.2 Å². The third-order valence-corrected chi connectivity index (χ3v) is 8.06. The average molecular weight is 461 g/mol. The first-order chi connectivity index (χ1) is 14.7. The molecule has 174 valence electrons. The topological polar surface area (TPSA) is 49.9 Å². The Bertz CT molecular complexity index is 833. The summed E-state index contributed by atoms with van der Waals surface area (Å²) < 4.78 is 71.2. The Morgan fingerprint density at radius 1 is 1.10 bits per heavy atom. The van der Waals surface area contributed by atoms with Crippen molar-refractivity contribution in [1.82, 2.24) is 9.21 Å². The molecule has 0 radical (unpaired) electrons. The van der Waals surface area contributed by atoms with Crippen molar-refractivity contribution in [3.63, 3.8) is 0 Å². The van der Waals surface area contributed by atoms with Gasteiger partial charge in [-0.1, -0.05) is 12.2 Å². The van der Waals surface area contributed by atoms with E-state index in [1.807, 2.05) is 0 Å². The van der Waals surface area contributed by atoms with Crippen LogP contribution in [-0.4, -0.2) is 63.1 Å². The van der Waals surface area contributed by atoms with Crippen LogP contribution >= 0.6 is 0 Å². The molecule has 2 aliphatic rings. The molecule has 0 aromatic heterocycles. The number of benzene rings is 1.